The van der Waals surface area contributed by atoms with E-state index >= 15 is 0 Å². The average Bonchev–Trinajstić information content (AvgIpc) is 1.61. The van der Waals surface area contributed by atoms with Crippen molar-refractivity contribution in [3.05, 3.63) is 339 Å². The summed E-state index contributed by atoms with van der Waals surface area (Å²) in [5.41, 5.74) is 20.4. The van der Waals surface area contributed by atoms with Crippen molar-refractivity contribution in [1.29, 1.82) is 0 Å². The van der Waals surface area contributed by atoms with Crippen molar-refractivity contribution in [3.8, 4) is 0 Å². The monoisotopic (exact) mass is 1920 g/mol. The first kappa shape index (κ1) is 103. The zero-order chi connectivity index (χ0) is 101. The number of halogens is 1. The highest BCUT2D eigenvalue weighted by Gasteiger charge is 2.65. The lowest BCUT2D eigenvalue weighted by molar-refractivity contribution is -0.160. The number of nitrogen functional groups attached to an aromatic ring is 3. The Kier molecular flexibility index (Phi) is 34.1. The number of ether oxygens (including phenoxy) is 12. The van der Waals surface area contributed by atoms with Crippen LogP contribution in [0.2, 0.25) is 0 Å². The van der Waals surface area contributed by atoms with Gasteiger partial charge < -0.3 is 78.8 Å². The van der Waals surface area contributed by atoms with E-state index in [0.717, 1.165) is 50.1 Å². The maximum absolute atomic E-state index is 13.7. The van der Waals surface area contributed by atoms with Crippen molar-refractivity contribution in [1.82, 2.24) is 35.8 Å². The smallest absolute Gasteiger partial charge is 0.338 e. The molecule has 12 atom stereocenters. The molecule has 1 amide bonds. The summed E-state index contributed by atoms with van der Waals surface area (Å²) >= 11 is 5.89. The Morgan fingerprint density at radius 2 is 0.568 bits per heavy atom. The lowest BCUT2D eigenvalue weighted by atomic mass is 9.91. The number of carbonyl (C=O) groups is 12. The summed E-state index contributed by atoms with van der Waals surface area (Å²) in [4.78, 5) is 184. The zero-order valence-electron chi connectivity index (χ0n) is 77.1. The zero-order valence-corrected chi connectivity index (χ0v) is 77.8. The van der Waals surface area contributed by atoms with E-state index in [1.165, 1.54) is 32.9 Å². The fourth-order valence-corrected chi connectivity index (χ4v) is 14.5. The van der Waals surface area contributed by atoms with Crippen LogP contribution in [0.3, 0.4) is 0 Å². The molecule has 12 N–H and O–H groups in total. The Morgan fingerprint density at radius 1 is 0.345 bits per heavy atom. The van der Waals surface area contributed by atoms with Crippen molar-refractivity contribution in [3.63, 3.8) is 0 Å². The summed E-state index contributed by atoms with van der Waals surface area (Å²) in [6.07, 6.45) is -12.9. The minimum absolute atomic E-state index is 0.0380. The largest absolute Gasteiger partial charge is 0.479 e. The summed E-state index contributed by atoms with van der Waals surface area (Å²) in [6.45, 7) is 19.5. The molecule has 724 valence electrons. The molecule has 0 saturated carbocycles. The molecule has 3 fully saturated rings. The second kappa shape index (κ2) is 45.9. The molecule has 11 aromatic rings. The number of hydrogen-bond acceptors (Lipinski definition) is 35. The molecule has 39 nitrogen and oxygen atoms in total. The molecule has 2 aromatic heterocycles. The summed E-state index contributed by atoms with van der Waals surface area (Å²) in [5.74, 6) is -5.11. The fraction of sp³-hybridized carbons (Fsp3) is 0.273. The van der Waals surface area contributed by atoms with E-state index in [4.69, 9.17) is 85.8 Å². The first-order chi connectivity index (χ1) is 66.0. The van der Waals surface area contributed by atoms with Gasteiger partial charge >= 0.3 is 59.7 Å². The van der Waals surface area contributed by atoms with Gasteiger partial charge in [-0.05, 0) is 204 Å². The highest BCUT2D eigenvalue weighted by molar-refractivity contribution is 6.64. The van der Waals surface area contributed by atoms with Crippen LogP contribution < -0.4 is 44.7 Å². The van der Waals surface area contributed by atoms with Gasteiger partial charge in [0.05, 0.1) is 50.1 Å². The van der Waals surface area contributed by atoms with Crippen LogP contribution in [0.15, 0.2) is 228 Å². The van der Waals surface area contributed by atoms with E-state index in [2.05, 4.69) is 41.2 Å². The van der Waals surface area contributed by atoms with Gasteiger partial charge in [0.1, 0.15) is 38.1 Å². The molecule has 3 aliphatic heterocycles. The number of carboxylic acid groups (broad SMARTS) is 1. The predicted molar refractivity (Wildman–Crippen MR) is 499 cm³/mol. The summed E-state index contributed by atoms with van der Waals surface area (Å²) < 4.78 is 69.1. The minimum Gasteiger partial charge on any atom is -0.479 e. The number of nitrogens with zero attached hydrogens (tertiary/aromatic N) is 4. The van der Waals surface area contributed by atoms with Crippen LogP contribution >= 0.6 is 11.6 Å². The van der Waals surface area contributed by atoms with Gasteiger partial charge in [-0.1, -0.05) is 159 Å². The number of aromatic nitrogens is 6. The Labute approximate surface area is 799 Å². The van der Waals surface area contributed by atoms with E-state index in [1.807, 2.05) is 67.7 Å². The van der Waals surface area contributed by atoms with Crippen molar-refractivity contribution in [2.24, 2.45) is 5.84 Å². The van der Waals surface area contributed by atoms with Crippen molar-refractivity contribution < 1.29 is 119 Å². The van der Waals surface area contributed by atoms with Gasteiger partial charge in [-0.15, -0.1) is 20.4 Å². The quantitative estimate of drug-likeness (QED) is 0.00759. The van der Waals surface area contributed by atoms with Crippen molar-refractivity contribution >= 4 is 106 Å². The molecule has 9 aromatic carbocycles. The number of carboxylic acids is 1. The van der Waals surface area contributed by atoms with Gasteiger partial charge in [0.2, 0.25) is 23.5 Å². The van der Waals surface area contributed by atoms with Gasteiger partial charge in [-0.25, -0.2) is 53.8 Å². The second-order valence-corrected chi connectivity index (χ2v) is 33.5. The number of nitrogens with one attached hydrogen (secondary N) is 5. The maximum Gasteiger partial charge on any atom is 0.338 e. The van der Waals surface area contributed by atoms with Gasteiger partial charge in [0, 0.05) is 0 Å². The van der Waals surface area contributed by atoms with E-state index < -0.39 is 179 Å². The lowest BCUT2D eigenvalue weighted by Crippen LogP contribution is -2.56. The second-order valence-electron chi connectivity index (χ2n) is 33.1. The predicted octanol–water partition coefficient (Wildman–Crippen LogP) is 10.2. The number of anilines is 4. The molecule has 14 rings (SSSR count). The topological polar surface area (TPSA) is 567 Å². The van der Waals surface area contributed by atoms with Crippen LogP contribution in [0, 0.1) is 62.3 Å². The molecule has 40 heteroatoms. The molecule has 139 heavy (non-hydrogen) atoms. The van der Waals surface area contributed by atoms with Crippen LogP contribution in [-0.2, 0) is 71.2 Å². The number of hydrogen-bond donors (Lipinski definition) is 9. The molecular formula is C99H99ClN12O27. The minimum atomic E-state index is -2.02. The van der Waals surface area contributed by atoms with Gasteiger partial charge in [0.15, 0.2) is 53.4 Å². The van der Waals surface area contributed by atoms with Crippen LogP contribution in [0.1, 0.15) is 164 Å². The van der Waals surface area contributed by atoms with Gasteiger partial charge in [-0.3, -0.25) is 40.0 Å². The van der Waals surface area contributed by atoms with Crippen LogP contribution in [0.4, 0.5) is 23.5 Å². The number of amides is 1. The Hall–Kier alpha value is -16.2. The van der Waals surface area contributed by atoms with E-state index in [1.54, 1.807) is 206 Å². The number of rotatable bonds is 27. The molecule has 1 unspecified atom stereocenters. The molecule has 0 radical (unpaired) electrons. The number of H-pyrrole nitrogens is 2. The Bertz CT molecular complexity index is 6220. The number of esters is 9. The number of carbonyl (C=O) groups excluding carboxylic acids is 11. The van der Waals surface area contributed by atoms with E-state index in [-0.39, 0.29) is 62.2 Å². The number of nitrogens with two attached hydrogens (primary N) is 3. The summed E-state index contributed by atoms with van der Waals surface area (Å²) in [7, 11) is 0. The molecule has 5 heterocycles. The first-order valence-corrected chi connectivity index (χ1v) is 43.2. The third kappa shape index (κ3) is 26.5. The van der Waals surface area contributed by atoms with Crippen molar-refractivity contribution in [2.45, 2.75) is 155 Å². The maximum atomic E-state index is 13.7. The number of benzene rings is 9. The third-order valence-electron chi connectivity index (χ3n) is 22.1. The third-order valence-corrected chi connectivity index (χ3v) is 22.3. The van der Waals surface area contributed by atoms with E-state index in [0.29, 0.717) is 5.56 Å². The van der Waals surface area contributed by atoms with Crippen LogP contribution in [-0.4, -0.2) is 198 Å². The van der Waals surface area contributed by atoms with E-state index in [9.17, 15) is 72.2 Å². The average molecular weight is 1920 g/mol. The number of hydrazine groups is 2. The van der Waals surface area contributed by atoms with Gasteiger partial charge in [-0.2, -0.15) is 0 Å². The normalized spacial score (nSPS) is 20.2. The van der Waals surface area contributed by atoms with Crippen LogP contribution in [0.25, 0.3) is 0 Å². The molecule has 3 saturated heterocycles. The Balaban J connectivity index is 0.000000191. The molecule has 0 aliphatic carbocycles. The number of aromatic amines is 2. The molecule has 0 bridgehead atoms. The lowest BCUT2D eigenvalue weighted by Gasteiger charge is -2.33. The Morgan fingerprint density at radius 3 is 0.813 bits per heavy atom. The number of aliphatic carboxylic acids is 1. The highest BCUT2D eigenvalue weighted by atomic mass is 35.5. The summed E-state index contributed by atoms with van der Waals surface area (Å²) in [6, 6.07) is 59.4. The highest BCUT2D eigenvalue weighted by Crippen LogP contribution is 2.43. The van der Waals surface area contributed by atoms with Gasteiger partial charge in [0.25, 0.3) is 22.3 Å². The standard InChI is InChI=1S/C34H34N6O9.C31H29ClO8.C31H30O9.C3H6N6O/c1-18-5-11-21(12-6-18)30(43)46-17-24-25(48-31(44)22-13-7-19(2)8-14-22)34(4,49-32(45)23-15-9-20(3)10-16-23)26(47-24)28(41)39-37-27-29(42)36-33(35)40-38-27;2*1-18-5-11-21(12-6-18)28(34)37-17-24-25(39-29(35)22-13-7-19(2)8-14-22)31(4,26(38-24)27(32)33)40-30(36)23-15-9-20(3)10-16-23;4-3-6-2(10)1(7-5)8-9-3/h5-16,24-26H,17H2,1-4H3,(H,37,38)(H,39,41)(H3,35,36,40,42);5-16,24-26H,17H2,1-4H3;5-16,24-26H,17H2,1-4H3,(H,32,33);5H2,(H,7,8)(H3,4,6,9,10)/t24-,25-,26?,34-;2*24-,25-,26+,31-;/m111./s1. The molecule has 0 spiro atoms. The summed E-state index contributed by atoms with van der Waals surface area (Å²) in [5, 5.41) is 22.9. The first-order valence-electron chi connectivity index (χ1n) is 42.8. The van der Waals surface area contributed by atoms with Crippen LogP contribution in [0.5, 0.6) is 0 Å². The fourth-order valence-electron chi connectivity index (χ4n) is 14.2. The number of aryl methyl sites for hydroxylation is 9. The SMILES string of the molecule is Cc1ccc(C(=O)OC[C@H]2OC(C(=O)NNc3nnc(N)[nH]c3=O)[C@](C)(OC(=O)c3ccc(C)cc3)[C@@H]2OC(=O)c2ccc(C)cc2)cc1.Cc1ccc(C(=O)OC[C@H]2O[C@@H](C(=O)Cl)[C@](C)(OC(=O)c3ccc(C)cc3)[C@@H]2OC(=O)c2ccc(C)cc2)cc1.Cc1ccc(C(=O)OC[C@H]2O[C@@H](C(=O)O)[C@](C)(OC(=O)c3ccc(C)cc3)[C@@H]2OC(=O)c2ccc(C)cc2)cc1.NNc1nnc(N)[nH]c1=O. The van der Waals surface area contributed by atoms with Crippen molar-refractivity contribution in [2.75, 3.05) is 42.1 Å². The molecular weight excluding hydrogens is 1820 g/mol. The molecule has 3 aliphatic rings.